The minimum Gasteiger partial charge on any atom is -0.400 e. The van der Waals surface area contributed by atoms with E-state index < -0.39 is 0 Å². The van der Waals surface area contributed by atoms with Crippen molar-refractivity contribution in [1.29, 1.82) is 0 Å². The van der Waals surface area contributed by atoms with Crippen LogP contribution in [0.25, 0.3) is 0 Å². The van der Waals surface area contributed by atoms with E-state index in [4.69, 9.17) is 15.3 Å². The summed E-state index contributed by atoms with van der Waals surface area (Å²) in [6.45, 7) is 8.27. The van der Waals surface area contributed by atoms with Gasteiger partial charge in [0.25, 0.3) is 0 Å². The molecule has 0 unspecified atom stereocenters. The molecule has 1 aromatic rings. The zero-order chi connectivity index (χ0) is 13.6. The molecule has 0 spiro atoms. The number of hydrogen-bond donors (Lipinski definition) is 3. The molecule has 4 heteroatoms. The SMILES string of the molecule is CO.CO.CO.[CH2-]C(C)(C)c1ccccc1.[Ti]. The monoisotopic (exact) mass is 277 g/mol. The zero-order valence-corrected chi connectivity index (χ0v) is 13.0. The Labute approximate surface area is 120 Å². The molecule has 0 fully saturated rings. The van der Waals surface area contributed by atoms with Gasteiger partial charge in [0.15, 0.2) is 0 Å². The van der Waals surface area contributed by atoms with Crippen LogP contribution in [0.15, 0.2) is 30.3 Å². The van der Waals surface area contributed by atoms with Gasteiger partial charge in [-0.3, -0.25) is 0 Å². The fraction of sp³-hybridized carbons (Fsp3) is 0.462. The Kier molecular flexibility index (Phi) is 27.4. The molecule has 0 saturated heterocycles. The van der Waals surface area contributed by atoms with Crippen molar-refractivity contribution in [3.8, 4) is 0 Å². The minimum atomic E-state index is 0. The standard InChI is InChI=1S/C10H13.3CH4O.Ti/c1-10(2,3)9-7-5-4-6-8-9;3*1-2;/h4-8H,1H2,2-3H3;3*2H,1H3;/q-1;;;;. The summed E-state index contributed by atoms with van der Waals surface area (Å²) in [4.78, 5) is 0. The van der Waals surface area contributed by atoms with E-state index >= 15 is 0 Å². The van der Waals surface area contributed by atoms with Gasteiger partial charge in [0.05, 0.1) is 0 Å². The van der Waals surface area contributed by atoms with Crippen LogP contribution in [0.2, 0.25) is 0 Å². The summed E-state index contributed by atoms with van der Waals surface area (Å²) < 4.78 is 0. The summed E-state index contributed by atoms with van der Waals surface area (Å²) in [6.07, 6.45) is 0. The average Bonchev–Trinajstić information content (AvgIpc) is 2.37. The van der Waals surface area contributed by atoms with E-state index in [9.17, 15) is 0 Å². The molecule has 0 atom stereocenters. The normalized spacial score (nSPS) is 7.82. The third-order valence-corrected chi connectivity index (χ3v) is 1.56. The maximum atomic E-state index is 7.00. The van der Waals surface area contributed by atoms with Gasteiger partial charge in [-0.2, -0.15) is 0 Å². The molecule has 0 heterocycles. The Bertz CT molecular complexity index is 208. The van der Waals surface area contributed by atoms with Crippen molar-refractivity contribution >= 4 is 0 Å². The number of aliphatic hydroxyl groups is 3. The first-order valence-electron chi connectivity index (χ1n) is 4.86. The molecular formula is C13H25O3Ti-. The number of rotatable bonds is 1. The summed E-state index contributed by atoms with van der Waals surface area (Å²) in [7, 11) is 3.00. The van der Waals surface area contributed by atoms with E-state index in [0.29, 0.717) is 0 Å². The summed E-state index contributed by atoms with van der Waals surface area (Å²) in [6, 6.07) is 10.3. The molecule has 3 N–H and O–H groups in total. The second-order valence-corrected chi connectivity index (χ2v) is 3.25. The Morgan fingerprint density at radius 3 is 1.29 bits per heavy atom. The maximum absolute atomic E-state index is 7.00. The molecule has 100 valence electrons. The molecule has 0 amide bonds. The molecule has 0 aliphatic heterocycles. The van der Waals surface area contributed by atoms with Crippen LogP contribution in [-0.4, -0.2) is 36.6 Å². The second kappa shape index (κ2) is 18.2. The molecule has 0 aliphatic carbocycles. The fourth-order valence-corrected chi connectivity index (χ4v) is 0.889. The molecule has 17 heavy (non-hydrogen) atoms. The van der Waals surface area contributed by atoms with E-state index in [0.717, 1.165) is 21.3 Å². The maximum Gasteiger partial charge on any atom is 0.0319 e. The van der Waals surface area contributed by atoms with Crippen molar-refractivity contribution in [2.75, 3.05) is 21.3 Å². The van der Waals surface area contributed by atoms with Crippen LogP contribution in [0.3, 0.4) is 0 Å². The summed E-state index contributed by atoms with van der Waals surface area (Å²) in [5.41, 5.74) is 1.33. The van der Waals surface area contributed by atoms with Crippen LogP contribution < -0.4 is 0 Å². The fourth-order valence-electron chi connectivity index (χ4n) is 0.889. The first-order valence-corrected chi connectivity index (χ1v) is 4.86. The van der Waals surface area contributed by atoms with Gasteiger partial charge in [-0.1, -0.05) is 49.7 Å². The van der Waals surface area contributed by atoms with Crippen LogP contribution in [0.1, 0.15) is 19.4 Å². The average molecular weight is 277 g/mol. The van der Waals surface area contributed by atoms with E-state index in [1.54, 1.807) is 0 Å². The summed E-state index contributed by atoms with van der Waals surface area (Å²) >= 11 is 0. The van der Waals surface area contributed by atoms with Gasteiger partial charge in [0.1, 0.15) is 0 Å². The van der Waals surface area contributed by atoms with Crippen molar-refractivity contribution in [3.05, 3.63) is 42.8 Å². The Morgan fingerprint density at radius 2 is 1.12 bits per heavy atom. The Balaban J connectivity index is -0.000000106. The van der Waals surface area contributed by atoms with E-state index in [1.807, 2.05) is 18.2 Å². The van der Waals surface area contributed by atoms with Crippen molar-refractivity contribution in [3.63, 3.8) is 0 Å². The van der Waals surface area contributed by atoms with Crippen LogP contribution in [0, 0.1) is 6.92 Å². The van der Waals surface area contributed by atoms with Crippen LogP contribution >= 0.6 is 0 Å². The number of hydrogen-bond acceptors (Lipinski definition) is 3. The topological polar surface area (TPSA) is 60.7 Å². The molecule has 0 bridgehead atoms. The Hall–Kier alpha value is -0.186. The van der Waals surface area contributed by atoms with Gasteiger partial charge in [0.2, 0.25) is 0 Å². The largest absolute Gasteiger partial charge is 0.400 e. The molecule has 0 radical (unpaired) electrons. The minimum absolute atomic E-state index is 0. The molecule has 1 aromatic carbocycles. The van der Waals surface area contributed by atoms with Crippen molar-refractivity contribution in [2.45, 2.75) is 19.3 Å². The zero-order valence-electron chi connectivity index (χ0n) is 11.4. The van der Waals surface area contributed by atoms with Gasteiger partial charge in [0, 0.05) is 43.0 Å². The van der Waals surface area contributed by atoms with Gasteiger partial charge < -0.3 is 22.2 Å². The van der Waals surface area contributed by atoms with Crippen LogP contribution in [0.5, 0.6) is 0 Å². The van der Waals surface area contributed by atoms with E-state index in [1.165, 1.54) is 5.56 Å². The third-order valence-electron chi connectivity index (χ3n) is 1.56. The van der Waals surface area contributed by atoms with Gasteiger partial charge >= 0.3 is 0 Å². The predicted molar refractivity (Wildman–Crippen MR) is 69.3 cm³/mol. The molecule has 1 rings (SSSR count). The Morgan fingerprint density at radius 1 is 0.824 bits per heavy atom. The summed E-state index contributed by atoms with van der Waals surface area (Å²) in [5, 5.41) is 21.0. The van der Waals surface area contributed by atoms with E-state index in [-0.39, 0.29) is 27.1 Å². The first kappa shape index (κ1) is 25.6. The molecular weight excluding hydrogens is 252 g/mol. The number of benzene rings is 1. The van der Waals surface area contributed by atoms with E-state index in [2.05, 4.69) is 32.9 Å². The van der Waals surface area contributed by atoms with Crippen molar-refractivity contribution < 1.29 is 37.0 Å². The quantitative estimate of drug-likeness (QED) is 0.540. The second-order valence-electron chi connectivity index (χ2n) is 3.25. The van der Waals surface area contributed by atoms with Crippen LogP contribution in [-0.2, 0) is 27.1 Å². The molecule has 0 aromatic heterocycles. The molecule has 0 aliphatic rings. The van der Waals surface area contributed by atoms with Crippen molar-refractivity contribution in [2.24, 2.45) is 0 Å². The van der Waals surface area contributed by atoms with Gasteiger partial charge in [-0.05, 0) is 0 Å². The smallest absolute Gasteiger partial charge is 0.0319 e. The predicted octanol–water partition coefficient (Wildman–Crippen LogP) is 1.62. The third kappa shape index (κ3) is 15.8. The van der Waals surface area contributed by atoms with Gasteiger partial charge in [-0.15, -0.1) is 5.41 Å². The first-order chi connectivity index (χ1) is 7.61. The number of aliphatic hydroxyl groups excluding tert-OH is 3. The molecule has 0 saturated carbocycles. The van der Waals surface area contributed by atoms with Crippen molar-refractivity contribution in [1.82, 2.24) is 0 Å². The molecule has 3 nitrogen and oxygen atoms in total. The van der Waals surface area contributed by atoms with Crippen LogP contribution in [0.4, 0.5) is 0 Å². The van der Waals surface area contributed by atoms with Gasteiger partial charge in [-0.25, -0.2) is 0 Å². The summed E-state index contributed by atoms with van der Waals surface area (Å²) in [5.74, 6) is 0.